The fraction of sp³-hybridized carbons (Fsp3) is 0.500. The molecule has 1 unspecified atom stereocenters. The minimum absolute atomic E-state index is 0.216. The lowest BCUT2D eigenvalue weighted by molar-refractivity contribution is 0.484. The van der Waals surface area contributed by atoms with Crippen LogP contribution in [0, 0.1) is 5.92 Å². The molecule has 0 saturated heterocycles. The Kier molecular flexibility index (Phi) is 2.01. The smallest absolute Gasteiger partial charge is 0.115 e. The van der Waals surface area contributed by atoms with Crippen molar-refractivity contribution in [1.82, 2.24) is 15.4 Å². The molecule has 1 aliphatic rings. The van der Waals surface area contributed by atoms with Crippen molar-refractivity contribution in [2.75, 3.05) is 0 Å². The van der Waals surface area contributed by atoms with Gasteiger partial charge in [0.2, 0.25) is 0 Å². The number of nitrogens with zero attached hydrogens (tertiary/aromatic N) is 2. The lowest BCUT2D eigenvalue weighted by Crippen LogP contribution is -2.30. The van der Waals surface area contributed by atoms with Crippen molar-refractivity contribution in [3.8, 4) is 0 Å². The van der Waals surface area contributed by atoms with Crippen molar-refractivity contribution in [2.24, 2.45) is 11.8 Å². The zero-order chi connectivity index (χ0) is 8.39. The molecule has 12 heavy (non-hydrogen) atoms. The summed E-state index contributed by atoms with van der Waals surface area (Å²) in [5.74, 6) is 6.11. The number of nitrogens with two attached hydrogens (primary N) is 1. The molecule has 3 N–H and O–H groups in total. The van der Waals surface area contributed by atoms with Crippen LogP contribution in [0.5, 0.6) is 0 Å². The van der Waals surface area contributed by atoms with Crippen LogP contribution in [0.3, 0.4) is 0 Å². The topological polar surface area (TPSA) is 63.8 Å². The van der Waals surface area contributed by atoms with Gasteiger partial charge in [0.25, 0.3) is 0 Å². The average molecular weight is 164 g/mol. The van der Waals surface area contributed by atoms with E-state index in [0.29, 0.717) is 5.92 Å². The number of hydrogen-bond donors (Lipinski definition) is 2. The first kappa shape index (κ1) is 7.64. The lowest BCUT2D eigenvalue weighted by atomic mass is 10.1. The molecular formula is C8H12N4. The third-order valence-corrected chi connectivity index (χ3v) is 2.20. The third-order valence-electron chi connectivity index (χ3n) is 2.20. The molecule has 1 saturated carbocycles. The van der Waals surface area contributed by atoms with Crippen molar-refractivity contribution in [2.45, 2.75) is 18.9 Å². The Morgan fingerprint density at radius 1 is 1.58 bits per heavy atom. The van der Waals surface area contributed by atoms with Crippen LogP contribution in [0.2, 0.25) is 0 Å². The molecule has 0 aromatic carbocycles. The van der Waals surface area contributed by atoms with E-state index in [1.807, 2.05) is 6.07 Å². The van der Waals surface area contributed by atoms with Crippen molar-refractivity contribution >= 4 is 0 Å². The minimum atomic E-state index is 0.216. The van der Waals surface area contributed by atoms with Crippen molar-refractivity contribution in [3.63, 3.8) is 0 Å². The van der Waals surface area contributed by atoms with E-state index in [1.54, 1.807) is 12.5 Å². The summed E-state index contributed by atoms with van der Waals surface area (Å²) >= 11 is 0. The Bertz CT molecular complexity index is 244. The predicted molar refractivity (Wildman–Crippen MR) is 44.8 cm³/mol. The van der Waals surface area contributed by atoms with Gasteiger partial charge in [0, 0.05) is 6.20 Å². The summed E-state index contributed by atoms with van der Waals surface area (Å²) in [6.07, 6.45) is 5.80. The monoisotopic (exact) mass is 164 g/mol. The van der Waals surface area contributed by atoms with Crippen molar-refractivity contribution in [1.29, 1.82) is 0 Å². The lowest BCUT2D eigenvalue weighted by Gasteiger charge is -2.12. The fourth-order valence-electron chi connectivity index (χ4n) is 1.38. The van der Waals surface area contributed by atoms with Crippen LogP contribution in [0.15, 0.2) is 18.6 Å². The standard InChI is InChI=1S/C8H12N4/c9-12-8(6-1-2-6)7-3-4-10-5-11-7/h3-6,8,12H,1-2,9H2. The number of aromatic nitrogens is 2. The summed E-state index contributed by atoms with van der Waals surface area (Å²) in [5.41, 5.74) is 3.79. The maximum Gasteiger partial charge on any atom is 0.115 e. The predicted octanol–water partition coefficient (Wildman–Crippen LogP) is 0.391. The van der Waals surface area contributed by atoms with Crippen LogP contribution in [-0.4, -0.2) is 9.97 Å². The molecule has 1 atom stereocenters. The molecule has 4 heteroatoms. The van der Waals surface area contributed by atoms with Gasteiger partial charge in [-0.25, -0.2) is 9.97 Å². The van der Waals surface area contributed by atoms with E-state index >= 15 is 0 Å². The number of nitrogens with one attached hydrogen (secondary N) is 1. The van der Waals surface area contributed by atoms with Gasteiger partial charge in [0.05, 0.1) is 11.7 Å². The SMILES string of the molecule is NNC(c1ccncn1)C1CC1. The summed E-state index contributed by atoms with van der Waals surface area (Å²) in [6.45, 7) is 0. The van der Waals surface area contributed by atoms with Gasteiger partial charge < -0.3 is 0 Å². The van der Waals surface area contributed by atoms with Crippen LogP contribution < -0.4 is 11.3 Å². The van der Waals surface area contributed by atoms with Crippen molar-refractivity contribution in [3.05, 3.63) is 24.3 Å². The molecule has 0 radical (unpaired) electrons. The van der Waals surface area contributed by atoms with Gasteiger partial charge in [-0.1, -0.05) is 0 Å². The molecule has 1 aromatic heterocycles. The number of rotatable bonds is 3. The highest BCUT2D eigenvalue weighted by Gasteiger charge is 2.32. The van der Waals surface area contributed by atoms with Crippen LogP contribution in [0.4, 0.5) is 0 Å². The van der Waals surface area contributed by atoms with Gasteiger partial charge in [-0.3, -0.25) is 11.3 Å². The molecule has 0 spiro atoms. The number of hydrazine groups is 1. The summed E-state index contributed by atoms with van der Waals surface area (Å²) < 4.78 is 0. The number of hydrogen-bond acceptors (Lipinski definition) is 4. The Morgan fingerprint density at radius 3 is 2.92 bits per heavy atom. The highest BCUT2D eigenvalue weighted by Crippen LogP contribution is 2.39. The molecule has 1 heterocycles. The first-order chi connectivity index (χ1) is 5.92. The second-order valence-corrected chi connectivity index (χ2v) is 3.12. The largest absolute Gasteiger partial charge is 0.271 e. The molecular weight excluding hydrogens is 152 g/mol. The average Bonchev–Trinajstić information content (AvgIpc) is 2.92. The van der Waals surface area contributed by atoms with Gasteiger partial charge in [0.15, 0.2) is 0 Å². The van der Waals surface area contributed by atoms with E-state index in [9.17, 15) is 0 Å². The van der Waals surface area contributed by atoms with Crippen LogP contribution in [0.25, 0.3) is 0 Å². The van der Waals surface area contributed by atoms with E-state index in [1.165, 1.54) is 12.8 Å². The van der Waals surface area contributed by atoms with Gasteiger partial charge in [-0.2, -0.15) is 0 Å². The Morgan fingerprint density at radius 2 is 2.42 bits per heavy atom. The molecule has 64 valence electrons. The summed E-state index contributed by atoms with van der Waals surface area (Å²) in [5, 5.41) is 0. The van der Waals surface area contributed by atoms with E-state index in [-0.39, 0.29) is 6.04 Å². The van der Waals surface area contributed by atoms with Gasteiger partial charge in [-0.15, -0.1) is 0 Å². The molecule has 0 bridgehead atoms. The molecule has 2 rings (SSSR count). The van der Waals surface area contributed by atoms with E-state index in [2.05, 4.69) is 15.4 Å². The fourth-order valence-corrected chi connectivity index (χ4v) is 1.38. The van der Waals surface area contributed by atoms with Gasteiger partial charge in [0.1, 0.15) is 6.33 Å². The van der Waals surface area contributed by atoms with Gasteiger partial charge in [-0.05, 0) is 24.8 Å². The maximum absolute atomic E-state index is 5.44. The molecule has 0 aliphatic heterocycles. The normalized spacial score (nSPS) is 19.1. The van der Waals surface area contributed by atoms with E-state index < -0.39 is 0 Å². The first-order valence-corrected chi connectivity index (χ1v) is 4.14. The first-order valence-electron chi connectivity index (χ1n) is 4.14. The Hall–Kier alpha value is -1.00. The summed E-state index contributed by atoms with van der Waals surface area (Å²) in [4.78, 5) is 8.02. The zero-order valence-corrected chi connectivity index (χ0v) is 6.77. The van der Waals surface area contributed by atoms with Crippen LogP contribution in [0.1, 0.15) is 24.6 Å². The summed E-state index contributed by atoms with van der Waals surface area (Å²) in [7, 11) is 0. The van der Waals surface area contributed by atoms with Crippen LogP contribution >= 0.6 is 0 Å². The van der Waals surface area contributed by atoms with E-state index in [0.717, 1.165) is 5.69 Å². The summed E-state index contributed by atoms with van der Waals surface area (Å²) in [6, 6.07) is 2.12. The highest BCUT2D eigenvalue weighted by atomic mass is 15.2. The maximum atomic E-state index is 5.44. The minimum Gasteiger partial charge on any atom is -0.271 e. The molecule has 1 aromatic rings. The molecule has 0 amide bonds. The Labute approximate surface area is 71.2 Å². The third kappa shape index (κ3) is 1.44. The Balaban J connectivity index is 2.15. The quantitative estimate of drug-likeness (QED) is 0.501. The van der Waals surface area contributed by atoms with Crippen LogP contribution in [-0.2, 0) is 0 Å². The molecule has 4 nitrogen and oxygen atoms in total. The second-order valence-electron chi connectivity index (χ2n) is 3.12. The van der Waals surface area contributed by atoms with E-state index in [4.69, 9.17) is 5.84 Å². The molecule has 1 fully saturated rings. The van der Waals surface area contributed by atoms with Crippen molar-refractivity contribution < 1.29 is 0 Å². The van der Waals surface area contributed by atoms with Gasteiger partial charge >= 0.3 is 0 Å². The second kappa shape index (κ2) is 3.16. The highest BCUT2D eigenvalue weighted by molar-refractivity contribution is 5.08. The molecule has 1 aliphatic carbocycles. The zero-order valence-electron chi connectivity index (χ0n) is 6.77.